The second kappa shape index (κ2) is 11.1. The monoisotopic (exact) mass is 525 g/mol. The van der Waals surface area contributed by atoms with E-state index in [4.69, 9.17) is 14.2 Å². The van der Waals surface area contributed by atoms with Crippen molar-refractivity contribution in [2.24, 2.45) is 13.0 Å². The minimum absolute atomic E-state index is 0.0599. The summed E-state index contributed by atoms with van der Waals surface area (Å²) in [6.07, 6.45) is 4.06. The largest absolute Gasteiger partial charge is 0.490 e. The molecule has 4 heterocycles. The Morgan fingerprint density at radius 1 is 1.11 bits per heavy atom. The van der Waals surface area contributed by atoms with Gasteiger partial charge in [-0.2, -0.15) is 5.10 Å². The molecule has 3 amide bonds. The minimum Gasteiger partial charge on any atom is -0.490 e. The standard InChI is InChI=1S/C27H35N5O6/c1-16-21(14-31(2)30-16)29-25(33)13-19-5-6-22-24(38-19)15-37-23-7-4-18(12-20(23)27(35)32(22)3)28-26(34)17-8-10-36-11-9-17/h4,7,12,14,17,19,22,24H,5-6,8-11,13,15H2,1-3H3,(H,28,34)(H,29,33)/t19-,22+,24+/m1/s1. The predicted molar refractivity (Wildman–Crippen MR) is 139 cm³/mol. The lowest BCUT2D eigenvalue weighted by Crippen LogP contribution is -2.53. The zero-order valence-corrected chi connectivity index (χ0v) is 22.1. The molecule has 3 aliphatic heterocycles. The lowest BCUT2D eigenvalue weighted by molar-refractivity contribution is -0.130. The molecular formula is C27H35N5O6. The number of nitrogens with one attached hydrogen (secondary N) is 2. The SMILES string of the molecule is Cc1nn(C)cc1NC(=O)C[C@H]1CC[C@H]2[C@H](COc3ccc(NC(=O)C4CCOCC4)cc3C(=O)N2C)O1. The summed E-state index contributed by atoms with van der Waals surface area (Å²) in [5.41, 5.74) is 2.41. The first-order valence-electron chi connectivity index (χ1n) is 13.2. The molecule has 3 atom stereocenters. The number of aromatic nitrogens is 2. The Kier molecular flexibility index (Phi) is 7.66. The minimum atomic E-state index is -0.364. The van der Waals surface area contributed by atoms with Gasteiger partial charge in [0.15, 0.2) is 0 Å². The predicted octanol–water partition coefficient (Wildman–Crippen LogP) is 2.50. The summed E-state index contributed by atoms with van der Waals surface area (Å²) in [5, 5.41) is 10.1. The van der Waals surface area contributed by atoms with Crippen molar-refractivity contribution in [1.29, 1.82) is 0 Å². The molecule has 0 radical (unpaired) electrons. The number of benzene rings is 1. The molecule has 38 heavy (non-hydrogen) atoms. The van der Waals surface area contributed by atoms with Gasteiger partial charge in [0.05, 0.1) is 35.5 Å². The molecule has 0 aliphatic carbocycles. The number of ether oxygens (including phenoxy) is 3. The number of amides is 3. The zero-order chi connectivity index (χ0) is 26.8. The van der Waals surface area contributed by atoms with Crippen LogP contribution < -0.4 is 15.4 Å². The number of likely N-dealkylation sites (N-methyl/N-ethyl adjacent to an activating group) is 1. The van der Waals surface area contributed by atoms with E-state index >= 15 is 0 Å². The van der Waals surface area contributed by atoms with E-state index in [2.05, 4.69) is 15.7 Å². The number of rotatable bonds is 5. The molecule has 1 aromatic heterocycles. The number of fused-ring (bicyclic) bond motifs is 2. The number of aryl methyl sites for hydroxylation is 2. The molecule has 3 aliphatic rings. The van der Waals surface area contributed by atoms with Crippen LogP contribution in [0.15, 0.2) is 24.4 Å². The lowest BCUT2D eigenvalue weighted by atomic mass is 9.94. The Hall–Kier alpha value is -3.44. The van der Waals surface area contributed by atoms with Gasteiger partial charge in [-0.3, -0.25) is 19.1 Å². The molecule has 2 N–H and O–H groups in total. The molecule has 2 saturated heterocycles. The third-order valence-corrected chi connectivity index (χ3v) is 7.57. The first kappa shape index (κ1) is 26.2. The van der Waals surface area contributed by atoms with Crippen molar-refractivity contribution in [2.75, 3.05) is 37.5 Å². The normalized spacial score (nSPS) is 23.9. The highest BCUT2D eigenvalue weighted by Gasteiger charge is 2.39. The highest BCUT2D eigenvalue weighted by molar-refractivity contribution is 6.00. The van der Waals surface area contributed by atoms with Crippen molar-refractivity contribution < 1.29 is 28.6 Å². The summed E-state index contributed by atoms with van der Waals surface area (Å²) in [4.78, 5) is 40.5. The maximum absolute atomic E-state index is 13.5. The molecule has 204 valence electrons. The molecule has 0 spiro atoms. The Bertz CT molecular complexity index is 1210. The number of carbonyl (C=O) groups is 3. The van der Waals surface area contributed by atoms with Crippen LogP contribution in [0.2, 0.25) is 0 Å². The van der Waals surface area contributed by atoms with Gasteiger partial charge in [0, 0.05) is 45.1 Å². The molecule has 11 heteroatoms. The van der Waals surface area contributed by atoms with Crippen molar-refractivity contribution in [3.8, 4) is 5.75 Å². The topological polar surface area (TPSA) is 124 Å². The van der Waals surface area contributed by atoms with Gasteiger partial charge in [0.2, 0.25) is 11.8 Å². The third kappa shape index (κ3) is 5.68. The van der Waals surface area contributed by atoms with Crippen LogP contribution in [-0.4, -0.2) is 77.5 Å². The fraction of sp³-hybridized carbons (Fsp3) is 0.556. The van der Waals surface area contributed by atoms with Crippen LogP contribution in [0.5, 0.6) is 5.75 Å². The summed E-state index contributed by atoms with van der Waals surface area (Å²) < 4.78 is 19.3. The van der Waals surface area contributed by atoms with Crippen LogP contribution in [0.25, 0.3) is 0 Å². The van der Waals surface area contributed by atoms with Gasteiger partial charge < -0.3 is 29.7 Å². The van der Waals surface area contributed by atoms with Crippen LogP contribution in [-0.2, 0) is 26.1 Å². The smallest absolute Gasteiger partial charge is 0.257 e. The van der Waals surface area contributed by atoms with E-state index in [-0.39, 0.29) is 54.9 Å². The first-order valence-corrected chi connectivity index (χ1v) is 13.2. The van der Waals surface area contributed by atoms with Crippen molar-refractivity contribution >= 4 is 29.1 Å². The van der Waals surface area contributed by atoms with E-state index in [1.807, 2.05) is 14.0 Å². The van der Waals surface area contributed by atoms with Crippen LogP contribution in [0.4, 0.5) is 11.4 Å². The van der Waals surface area contributed by atoms with Gasteiger partial charge >= 0.3 is 0 Å². The summed E-state index contributed by atoms with van der Waals surface area (Å²) >= 11 is 0. The Labute approximate surface area is 221 Å². The maximum atomic E-state index is 13.5. The van der Waals surface area contributed by atoms with Crippen molar-refractivity contribution in [3.05, 3.63) is 35.7 Å². The van der Waals surface area contributed by atoms with Gasteiger partial charge in [-0.15, -0.1) is 0 Å². The molecule has 1 aromatic carbocycles. The van der Waals surface area contributed by atoms with Gasteiger partial charge in [-0.05, 0) is 50.8 Å². The second-order valence-electron chi connectivity index (χ2n) is 10.3. The summed E-state index contributed by atoms with van der Waals surface area (Å²) in [6.45, 7) is 3.26. The van der Waals surface area contributed by atoms with E-state index < -0.39 is 0 Å². The third-order valence-electron chi connectivity index (χ3n) is 7.57. The van der Waals surface area contributed by atoms with E-state index in [1.165, 1.54) is 0 Å². The maximum Gasteiger partial charge on any atom is 0.257 e. The van der Waals surface area contributed by atoms with Gasteiger partial charge in [-0.1, -0.05) is 0 Å². The van der Waals surface area contributed by atoms with E-state index in [0.717, 1.165) is 5.69 Å². The summed E-state index contributed by atoms with van der Waals surface area (Å²) in [5.74, 6) is -0.0377. The highest BCUT2D eigenvalue weighted by atomic mass is 16.5. The summed E-state index contributed by atoms with van der Waals surface area (Å²) in [7, 11) is 3.58. The van der Waals surface area contributed by atoms with Crippen molar-refractivity contribution in [3.63, 3.8) is 0 Å². The van der Waals surface area contributed by atoms with Crippen molar-refractivity contribution in [2.45, 2.75) is 57.3 Å². The number of carbonyl (C=O) groups excluding carboxylic acids is 3. The molecule has 0 saturated carbocycles. The van der Waals surface area contributed by atoms with Crippen LogP contribution in [0.3, 0.4) is 0 Å². The molecule has 0 unspecified atom stereocenters. The van der Waals surface area contributed by atoms with Gasteiger partial charge in [0.1, 0.15) is 18.5 Å². The van der Waals surface area contributed by atoms with Gasteiger partial charge in [-0.25, -0.2) is 0 Å². The molecular weight excluding hydrogens is 490 g/mol. The van der Waals surface area contributed by atoms with Crippen molar-refractivity contribution in [1.82, 2.24) is 14.7 Å². The summed E-state index contributed by atoms with van der Waals surface area (Å²) in [6, 6.07) is 4.96. The number of anilines is 2. The Balaban J connectivity index is 1.23. The molecule has 5 rings (SSSR count). The fourth-order valence-corrected chi connectivity index (χ4v) is 5.44. The molecule has 2 fully saturated rings. The van der Waals surface area contributed by atoms with E-state index in [1.54, 1.807) is 41.0 Å². The Morgan fingerprint density at radius 3 is 2.63 bits per heavy atom. The average Bonchev–Trinajstić information content (AvgIpc) is 3.22. The zero-order valence-electron chi connectivity index (χ0n) is 22.1. The fourth-order valence-electron chi connectivity index (χ4n) is 5.44. The first-order chi connectivity index (χ1) is 18.3. The van der Waals surface area contributed by atoms with Gasteiger partial charge in [0.25, 0.3) is 5.91 Å². The highest BCUT2D eigenvalue weighted by Crippen LogP contribution is 2.33. The number of hydrogen-bond acceptors (Lipinski definition) is 7. The number of hydrogen-bond donors (Lipinski definition) is 2. The Morgan fingerprint density at radius 2 is 1.89 bits per heavy atom. The van der Waals surface area contributed by atoms with Crippen LogP contribution in [0.1, 0.15) is 48.2 Å². The lowest BCUT2D eigenvalue weighted by Gasteiger charge is -2.42. The molecule has 11 nitrogen and oxygen atoms in total. The van der Waals surface area contributed by atoms with Crippen LogP contribution >= 0.6 is 0 Å². The quantitative estimate of drug-likeness (QED) is 0.615. The van der Waals surface area contributed by atoms with E-state index in [9.17, 15) is 14.4 Å². The second-order valence-corrected chi connectivity index (χ2v) is 10.3. The van der Waals surface area contributed by atoms with E-state index in [0.29, 0.717) is 61.6 Å². The number of nitrogens with zero attached hydrogens (tertiary/aromatic N) is 3. The average molecular weight is 526 g/mol. The molecule has 2 aromatic rings. The van der Waals surface area contributed by atoms with Crippen LogP contribution in [0, 0.1) is 12.8 Å². The molecule has 0 bridgehead atoms.